The highest BCUT2D eigenvalue weighted by Crippen LogP contribution is 2.24. The van der Waals surface area contributed by atoms with Gasteiger partial charge in [0.1, 0.15) is 5.82 Å². The molecular weight excluding hydrogens is 349 g/mol. The number of anilines is 1. The van der Waals surface area contributed by atoms with Crippen LogP contribution in [-0.2, 0) is 14.4 Å². The largest absolute Gasteiger partial charge is 0.368 e. The van der Waals surface area contributed by atoms with E-state index in [0.717, 1.165) is 37.8 Å². The summed E-state index contributed by atoms with van der Waals surface area (Å²) in [5.41, 5.74) is 0.800. The fourth-order valence-electron chi connectivity index (χ4n) is 3.79. The van der Waals surface area contributed by atoms with Gasteiger partial charge in [-0.25, -0.2) is 4.39 Å². The van der Waals surface area contributed by atoms with Gasteiger partial charge in [0.2, 0.25) is 11.7 Å². The molecule has 1 saturated carbocycles. The van der Waals surface area contributed by atoms with Crippen LogP contribution in [0.1, 0.15) is 32.1 Å². The third-order valence-corrected chi connectivity index (χ3v) is 5.41. The number of carbonyl (C=O) groups is 3. The van der Waals surface area contributed by atoms with E-state index in [-0.39, 0.29) is 24.2 Å². The number of hydrogen-bond donors (Lipinski definition) is 1. The molecule has 1 aromatic carbocycles. The summed E-state index contributed by atoms with van der Waals surface area (Å²) in [4.78, 5) is 40.2. The standard InChI is InChI=1S/C20H26FN3O3/c21-16-7-4-8-17(13-16)23-9-11-24(12-10-23)18(25)14-22-20(27)19(26)15-5-2-1-3-6-15/h4,7-8,13,15H,1-3,5-6,9-12,14H2,(H,22,27). The molecule has 1 N–H and O–H groups in total. The summed E-state index contributed by atoms with van der Waals surface area (Å²) in [6.45, 7) is 2.05. The quantitative estimate of drug-likeness (QED) is 0.796. The van der Waals surface area contributed by atoms with Crippen molar-refractivity contribution in [3.63, 3.8) is 0 Å². The van der Waals surface area contributed by atoms with Crippen molar-refractivity contribution in [2.75, 3.05) is 37.6 Å². The Labute approximate surface area is 158 Å². The maximum absolute atomic E-state index is 13.3. The Kier molecular flexibility index (Phi) is 6.42. The van der Waals surface area contributed by atoms with Gasteiger partial charge in [0, 0.05) is 37.8 Å². The maximum Gasteiger partial charge on any atom is 0.288 e. The highest BCUT2D eigenvalue weighted by atomic mass is 19.1. The fourth-order valence-corrected chi connectivity index (χ4v) is 3.79. The highest BCUT2D eigenvalue weighted by molar-refractivity contribution is 6.37. The molecule has 0 aromatic heterocycles. The molecule has 0 bridgehead atoms. The third kappa shape index (κ3) is 5.05. The zero-order valence-corrected chi connectivity index (χ0v) is 15.5. The van der Waals surface area contributed by atoms with Crippen molar-refractivity contribution in [1.29, 1.82) is 0 Å². The average molecular weight is 375 g/mol. The predicted molar refractivity (Wildman–Crippen MR) is 99.8 cm³/mol. The van der Waals surface area contributed by atoms with Crippen molar-refractivity contribution in [1.82, 2.24) is 10.2 Å². The van der Waals surface area contributed by atoms with Gasteiger partial charge in [0.15, 0.2) is 0 Å². The lowest BCUT2D eigenvalue weighted by Gasteiger charge is -2.36. The van der Waals surface area contributed by atoms with Crippen LogP contribution in [0.15, 0.2) is 24.3 Å². The summed E-state index contributed by atoms with van der Waals surface area (Å²) in [7, 11) is 0. The molecule has 146 valence electrons. The van der Waals surface area contributed by atoms with Gasteiger partial charge in [-0.05, 0) is 31.0 Å². The first-order valence-electron chi connectivity index (χ1n) is 9.65. The van der Waals surface area contributed by atoms with E-state index in [1.807, 2.05) is 11.0 Å². The van der Waals surface area contributed by atoms with Crippen LogP contribution in [0, 0.1) is 11.7 Å². The molecule has 1 aliphatic heterocycles. The molecule has 1 aliphatic carbocycles. The van der Waals surface area contributed by atoms with Crippen LogP contribution in [-0.4, -0.2) is 55.2 Å². The molecule has 1 heterocycles. The molecule has 0 unspecified atom stereocenters. The van der Waals surface area contributed by atoms with E-state index in [9.17, 15) is 18.8 Å². The van der Waals surface area contributed by atoms with Gasteiger partial charge in [-0.15, -0.1) is 0 Å². The number of hydrogen-bond acceptors (Lipinski definition) is 4. The van der Waals surface area contributed by atoms with Crippen molar-refractivity contribution < 1.29 is 18.8 Å². The predicted octanol–water partition coefficient (Wildman–Crippen LogP) is 1.74. The van der Waals surface area contributed by atoms with Crippen molar-refractivity contribution >= 4 is 23.3 Å². The average Bonchev–Trinajstić information content (AvgIpc) is 2.72. The van der Waals surface area contributed by atoms with Crippen LogP contribution in [0.25, 0.3) is 0 Å². The molecule has 7 heteroatoms. The molecule has 3 rings (SSSR count). The molecule has 0 spiro atoms. The lowest BCUT2D eigenvalue weighted by Crippen LogP contribution is -2.52. The second kappa shape index (κ2) is 8.97. The maximum atomic E-state index is 13.3. The Hall–Kier alpha value is -2.44. The van der Waals surface area contributed by atoms with Gasteiger partial charge in [0.05, 0.1) is 6.54 Å². The van der Waals surface area contributed by atoms with E-state index in [4.69, 9.17) is 0 Å². The van der Waals surface area contributed by atoms with E-state index in [2.05, 4.69) is 5.32 Å². The van der Waals surface area contributed by atoms with E-state index < -0.39 is 11.7 Å². The van der Waals surface area contributed by atoms with E-state index in [1.165, 1.54) is 12.1 Å². The van der Waals surface area contributed by atoms with Crippen molar-refractivity contribution in [3.05, 3.63) is 30.1 Å². The highest BCUT2D eigenvalue weighted by Gasteiger charge is 2.28. The Bertz CT molecular complexity index is 695. The Balaban J connectivity index is 1.42. The minimum Gasteiger partial charge on any atom is -0.368 e. The molecule has 6 nitrogen and oxygen atoms in total. The number of nitrogens with one attached hydrogen (secondary N) is 1. The van der Waals surface area contributed by atoms with Crippen molar-refractivity contribution in [3.8, 4) is 0 Å². The zero-order valence-electron chi connectivity index (χ0n) is 15.5. The van der Waals surface area contributed by atoms with Crippen molar-refractivity contribution in [2.45, 2.75) is 32.1 Å². The number of halogens is 1. The van der Waals surface area contributed by atoms with Crippen LogP contribution in [0.3, 0.4) is 0 Å². The number of ketones is 1. The first kappa shape index (κ1) is 19.3. The molecule has 2 amide bonds. The van der Waals surface area contributed by atoms with Gasteiger partial charge in [-0.1, -0.05) is 25.3 Å². The summed E-state index contributed by atoms with van der Waals surface area (Å²) in [5, 5.41) is 2.48. The Morgan fingerprint density at radius 2 is 1.74 bits per heavy atom. The van der Waals surface area contributed by atoms with Crippen LogP contribution < -0.4 is 10.2 Å². The summed E-state index contributed by atoms with van der Waals surface area (Å²) < 4.78 is 13.3. The summed E-state index contributed by atoms with van der Waals surface area (Å²) in [6.07, 6.45) is 4.62. The van der Waals surface area contributed by atoms with Gasteiger partial charge in [-0.3, -0.25) is 14.4 Å². The number of carbonyl (C=O) groups excluding carboxylic acids is 3. The number of piperazine rings is 1. The van der Waals surface area contributed by atoms with E-state index in [1.54, 1.807) is 11.0 Å². The molecule has 0 radical (unpaired) electrons. The minimum absolute atomic E-state index is 0.155. The molecular formula is C20H26FN3O3. The fraction of sp³-hybridized carbons (Fsp3) is 0.550. The van der Waals surface area contributed by atoms with Crippen molar-refractivity contribution in [2.24, 2.45) is 5.92 Å². The summed E-state index contributed by atoms with van der Waals surface area (Å²) in [6, 6.07) is 6.40. The normalized spacial score (nSPS) is 18.3. The third-order valence-electron chi connectivity index (χ3n) is 5.41. The smallest absolute Gasteiger partial charge is 0.288 e. The molecule has 1 saturated heterocycles. The number of benzene rings is 1. The molecule has 2 fully saturated rings. The lowest BCUT2D eigenvalue weighted by atomic mass is 9.86. The number of amides is 2. The second-order valence-electron chi connectivity index (χ2n) is 7.23. The molecule has 2 aliphatic rings. The SMILES string of the molecule is O=C(NCC(=O)N1CCN(c2cccc(F)c2)CC1)C(=O)C1CCCCC1. The van der Waals surface area contributed by atoms with Crippen LogP contribution in [0.5, 0.6) is 0 Å². The first-order chi connectivity index (χ1) is 13.0. The number of nitrogens with zero attached hydrogens (tertiary/aromatic N) is 2. The minimum atomic E-state index is -0.645. The van der Waals surface area contributed by atoms with Gasteiger partial charge in [0.25, 0.3) is 5.91 Å². The molecule has 1 aromatic rings. The summed E-state index contributed by atoms with van der Waals surface area (Å²) >= 11 is 0. The number of Topliss-reactive ketones (excluding diaryl/α,β-unsaturated/α-hetero) is 1. The van der Waals surface area contributed by atoms with Gasteiger partial charge in [-0.2, -0.15) is 0 Å². The molecule has 27 heavy (non-hydrogen) atoms. The Morgan fingerprint density at radius 1 is 1.04 bits per heavy atom. The van der Waals surface area contributed by atoms with E-state index >= 15 is 0 Å². The first-order valence-corrected chi connectivity index (χ1v) is 9.65. The zero-order chi connectivity index (χ0) is 19.2. The lowest BCUT2D eigenvalue weighted by molar-refractivity contribution is -0.142. The van der Waals surface area contributed by atoms with Gasteiger partial charge >= 0.3 is 0 Å². The Morgan fingerprint density at radius 3 is 2.41 bits per heavy atom. The van der Waals surface area contributed by atoms with Crippen LogP contribution in [0.4, 0.5) is 10.1 Å². The second-order valence-corrected chi connectivity index (χ2v) is 7.23. The van der Waals surface area contributed by atoms with Gasteiger partial charge < -0.3 is 15.1 Å². The summed E-state index contributed by atoms with van der Waals surface area (Å²) in [5.74, 6) is -1.70. The topological polar surface area (TPSA) is 69.7 Å². The molecule has 0 atom stereocenters. The van der Waals surface area contributed by atoms with Crippen LogP contribution in [0.2, 0.25) is 0 Å². The van der Waals surface area contributed by atoms with E-state index in [0.29, 0.717) is 26.2 Å². The number of rotatable bonds is 5. The monoisotopic (exact) mass is 375 g/mol. The van der Waals surface area contributed by atoms with Crippen LogP contribution >= 0.6 is 0 Å².